The Kier molecular flexibility index (Phi) is 1.72. The molecule has 1 aromatic heterocycles. The summed E-state index contributed by atoms with van der Waals surface area (Å²) in [4.78, 5) is 0. The van der Waals surface area contributed by atoms with Gasteiger partial charge in [-0.05, 0) is 36.8 Å². The van der Waals surface area contributed by atoms with Gasteiger partial charge in [-0.2, -0.15) is 10.2 Å². The first-order chi connectivity index (χ1) is 6.95. The van der Waals surface area contributed by atoms with Crippen molar-refractivity contribution < 1.29 is 0 Å². The topological polar surface area (TPSA) is 25.8 Å². The van der Waals surface area contributed by atoms with Gasteiger partial charge >= 0.3 is 0 Å². The van der Waals surface area contributed by atoms with Gasteiger partial charge in [0.05, 0.1) is 12.4 Å². The van der Waals surface area contributed by atoms with Crippen LogP contribution in [0, 0.1) is 0 Å². The van der Waals surface area contributed by atoms with Crippen molar-refractivity contribution >= 4 is 10.8 Å². The second-order valence-corrected chi connectivity index (χ2v) is 3.90. The number of rotatable bonds is 0. The van der Waals surface area contributed by atoms with Crippen molar-refractivity contribution in [2.45, 2.75) is 25.7 Å². The molecule has 0 N–H and O–H groups in total. The van der Waals surface area contributed by atoms with Crippen LogP contribution in [0.3, 0.4) is 0 Å². The molecule has 1 aromatic carbocycles. The Hall–Kier alpha value is -1.44. The first-order valence-corrected chi connectivity index (χ1v) is 5.16. The molecule has 2 aromatic rings. The lowest BCUT2D eigenvalue weighted by Gasteiger charge is -2.17. The standard InChI is InChI=1S/C12H12N2/c1-2-4-11-9(3-1)5-6-10-7-13-14-8-12(10)11/h5-8H,1-4H2. The smallest absolute Gasteiger partial charge is 0.0577 e. The van der Waals surface area contributed by atoms with E-state index in [1.54, 1.807) is 0 Å². The third-order valence-corrected chi connectivity index (χ3v) is 3.06. The highest BCUT2D eigenvalue weighted by Gasteiger charge is 2.11. The molecule has 1 heterocycles. The minimum atomic E-state index is 1.21. The van der Waals surface area contributed by atoms with Crippen LogP contribution < -0.4 is 0 Å². The summed E-state index contributed by atoms with van der Waals surface area (Å²) in [7, 11) is 0. The molecule has 1 aliphatic rings. The van der Waals surface area contributed by atoms with Gasteiger partial charge in [-0.15, -0.1) is 0 Å². The Balaban J connectivity index is 2.34. The van der Waals surface area contributed by atoms with Crippen molar-refractivity contribution in [2.75, 3.05) is 0 Å². The Labute approximate surface area is 83.0 Å². The van der Waals surface area contributed by atoms with Crippen LogP contribution in [0.2, 0.25) is 0 Å². The van der Waals surface area contributed by atoms with Crippen LogP contribution in [0.4, 0.5) is 0 Å². The minimum absolute atomic E-state index is 1.21. The molecule has 0 saturated carbocycles. The predicted octanol–water partition coefficient (Wildman–Crippen LogP) is 2.51. The average Bonchev–Trinajstić information content (AvgIpc) is 2.29. The molecule has 0 amide bonds. The van der Waals surface area contributed by atoms with Crippen LogP contribution in [-0.2, 0) is 12.8 Å². The number of hydrogen-bond acceptors (Lipinski definition) is 2. The molecule has 3 rings (SSSR count). The highest BCUT2D eigenvalue weighted by molar-refractivity contribution is 5.85. The Bertz CT molecular complexity index is 477. The lowest BCUT2D eigenvalue weighted by molar-refractivity contribution is 0.689. The number of nitrogens with zero attached hydrogens (tertiary/aromatic N) is 2. The largest absolute Gasteiger partial charge is 0.158 e. The maximum absolute atomic E-state index is 3.97. The highest BCUT2D eigenvalue weighted by atomic mass is 15.1. The van der Waals surface area contributed by atoms with Gasteiger partial charge in [0.2, 0.25) is 0 Å². The Morgan fingerprint density at radius 3 is 2.79 bits per heavy atom. The fourth-order valence-corrected chi connectivity index (χ4v) is 2.33. The zero-order valence-corrected chi connectivity index (χ0v) is 8.03. The maximum atomic E-state index is 3.97. The predicted molar refractivity (Wildman–Crippen MR) is 56.2 cm³/mol. The van der Waals surface area contributed by atoms with E-state index in [4.69, 9.17) is 0 Å². The second-order valence-electron chi connectivity index (χ2n) is 3.90. The summed E-state index contributed by atoms with van der Waals surface area (Å²) in [6.07, 6.45) is 8.83. The molecule has 0 unspecified atom stereocenters. The average molecular weight is 184 g/mol. The molecule has 14 heavy (non-hydrogen) atoms. The zero-order valence-electron chi connectivity index (χ0n) is 8.03. The van der Waals surface area contributed by atoms with Crippen LogP contribution in [0.15, 0.2) is 24.5 Å². The quantitative estimate of drug-likeness (QED) is 0.628. The van der Waals surface area contributed by atoms with E-state index in [1.807, 2.05) is 12.4 Å². The van der Waals surface area contributed by atoms with Gasteiger partial charge in [-0.3, -0.25) is 0 Å². The second kappa shape index (κ2) is 3.05. The summed E-state index contributed by atoms with van der Waals surface area (Å²) in [5, 5.41) is 10.4. The maximum Gasteiger partial charge on any atom is 0.0577 e. The molecule has 0 atom stereocenters. The van der Waals surface area contributed by atoms with Crippen molar-refractivity contribution in [2.24, 2.45) is 0 Å². The van der Waals surface area contributed by atoms with Crippen molar-refractivity contribution in [1.82, 2.24) is 10.2 Å². The van der Waals surface area contributed by atoms with Crippen molar-refractivity contribution in [3.05, 3.63) is 35.7 Å². The van der Waals surface area contributed by atoms with Gasteiger partial charge in [0.15, 0.2) is 0 Å². The minimum Gasteiger partial charge on any atom is -0.158 e. The van der Waals surface area contributed by atoms with E-state index in [0.717, 1.165) is 0 Å². The van der Waals surface area contributed by atoms with E-state index < -0.39 is 0 Å². The monoisotopic (exact) mass is 184 g/mol. The van der Waals surface area contributed by atoms with Gasteiger partial charge in [0.25, 0.3) is 0 Å². The molecular formula is C12H12N2. The Morgan fingerprint density at radius 1 is 0.929 bits per heavy atom. The molecule has 1 aliphatic carbocycles. The number of benzene rings is 1. The SMILES string of the molecule is c1cc2cnncc2c2c1CCCC2. The lowest BCUT2D eigenvalue weighted by Crippen LogP contribution is -2.03. The third kappa shape index (κ3) is 1.10. The molecule has 70 valence electrons. The first kappa shape index (κ1) is 7.92. The number of fused-ring (bicyclic) bond motifs is 3. The number of aromatic nitrogens is 2. The van der Waals surface area contributed by atoms with Crippen LogP contribution in [-0.4, -0.2) is 10.2 Å². The molecule has 0 spiro atoms. The third-order valence-electron chi connectivity index (χ3n) is 3.06. The van der Waals surface area contributed by atoms with Crippen LogP contribution in [0.25, 0.3) is 10.8 Å². The van der Waals surface area contributed by atoms with Crippen molar-refractivity contribution in [3.63, 3.8) is 0 Å². The normalized spacial score (nSPS) is 15.4. The molecule has 0 fully saturated rings. The summed E-state index contributed by atoms with van der Waals surface area (Å²) < 4.78 is 0. The lowest BCUT2D eigenvalue weighted by atomic mass is 9.89. The number of hydrogen-bond donors (Lipinski definition) is 0. The molecule has 0 radical (unpaired) electrons. The van der Waals surface area contributed by atoms with E-state index in [2.05, 4.69) is 22.3 Å². The fourth-order valence-electron chi connectivity index (χ4n) is 2.33. The van der Waals surface area contributed by atoms with E-state index in [1.165, 1.54) is 47.6 Å². The molecule has 2 heteroatoms. The summed E-state index contributed by atoms with van der Waals surface area (Å²) in [6.45, 7) is 0. The van der Waals surface area contributed by atoms with Crippen molar-refractivity contribution in [1.29, 1.82) is 0 Å². The molecule has 0 saturated heterocycles. The van der Waals surface area contributed by atoms with Gasteiger partial charge in [-0.1, -0.05) is 12.1 Å². The molecule has 0 aliphatic heterocycles. The summed E-state index contributed by atoms with van der Waals surface area (Å²) in [6, 6.07) is 4.41. The van der Waals surface area contributed by atoms with Crippen LogP contribution in [0.5, 0.6) is 0 Å². The summed E-state index contributed by atoms with van der Waals surface area (Å²) in [5.41, 5.74) is 3.01. The van der Waals surface area contributed by atoms with E-state index in [-0.39, 0.29) is 0 Å². The Morgan fingerprint density at radius 2 is 1.79 bits per heavy atom. The van der Waals surface area contributed by atoms with E-state index in [0.29, 0.717) is 0 Å². The zero-order chi connectivity index (χ0) is 9.38. The summed E-state index contributed by atoms with van der Waals surface area (Å²) in [5.74, 6) is 0. The van der Waals surface area contributed by atoms with Gasteiger partial charge < -0.3 is 0 Å². The highest BCUT2D eigenvalue weighted by Crippen LogP contribution is 2.27. The van der Waals surface area contributed by atoms with Gasteiger partial charge in [-0.25, -0.2) is 0 Å². The summed E-state index contributed by atoms with van der Waals surface area (Å²) >= 11 is 0. The molecule has 2 nitrogen and oxygen atoms in total. The molecular weight excluding hydrogens is 172 g/mol. The van der Waals surface area contributed by atoms with Gasteiger partial charge in [0.1, 0.15) is 0 Å². The van der Waals surface area contributed by atoms with Crippen LogP contribution in [0.1, 0.15) is 24.0 Å². The fraction of sp³-hybridized carbons (Fsp3) is 0.333. The number of aryl methyl sites for hydroxylation is 2. The van der Waals surface area contributed by atoms with Gasteiger partial charge in [0, 0.05) is 10.8 Å². The first-order valence-electron chi connectivity index (χ1n) is 5.16. The van der Waals surface area contributed by atoms with E-state index >= 15 is 0 Å². The van der Waals surface area contributed by atoms with Crippen LogP contribution >= 0.6 is 0 Å². The molecule has 0 bridgehead atoms. The van der Waals surface area contributed by atoms with E-state index in [9.17, 15) is 0 Å². The van der Waals surface area contributed by atoms with Crippen molar-refractivity contribution in [3.8, 4) is 0 Å².